The number of nitrogens with one attached hydrogen (secondary N) is 1. The molecule has 2 aliphatic rings. The molecule has 0 aliphatic carbocycles. The number of rotatable bonds is 3. The van der Waals surface area contributed by atoms with Crippen molar-refractivity contribution in [1.29, 1.82) is 0 Å². The second-order valence-electron chi connectivity index (χ2n) is 9.67. The number of H-pyrrole nitrogens is 1. The molecule has 0 radical (unpaired) electrons. The van der Waals surface area contributed by atoms with E-state index in [2.05, 4.69) is 50.9 Å². The number of allylic oxidation sites excluding steroid dienone is 1. The number of Topliss-reactive ketones (excluding diaryl/α,β-unsaturated/α-hetero) is 1. The number of aryl methyl sites for hydroxylation is 2. The molecule has 0 saturated carbocycles. The molecule has 0 saturated heterocycles. The molecule has 4 heteroatoms. The summed E-state index contributed by atoms with van der Waals surface area (Å²) in [5.74, 6) is -0.527. The molecule has 2 aliphatic heterocycles. The third-order valence-electron chi connectivity index (χ3n) is 6.79. The van der Waals surface area contributed by atoms with E-state index in [1.807, 2.05) is 42.2 Å². The zero-order valence-corrected chi connectivity index (χ0v) is 19.5. The van der Waals surface area contributed by atoms with Gasteiger partial charge in [-0.3, -0.25) is 9.59 Å². The molecule has 3 aromatic rings. The molecule has 0 bridgehead atoms. The van der Waals surface area contributed by atoms with Crippen LogP contribution in [-0.4, -0.2) is 22.2 Å². The molecule has 3 heterocycles. The Bertz CT molecular complexity index is 1330. The molecule has 0 spiro atoms. The smallest absolute Gasteiger partial charge is 0.239 e. The summed E-state index contributed by atoms with van der Waals surface area (Å²) < 4.78 is 0. The first-order valence-electron chi connectivity index (χ1n) is 11.1. The molecule has 1 aromatic heterocycles. The maximum atomic E-state index is 14.2. The van der Waals surface area contributed by atoms with Crippen LogP contribution >= 0.6 is 0 Å². The molecule has 162 valence electrons. The van der Waals surface area contributed by atoms with E-state index in [4.69, 9.17) is 0 Å². The number of aromatic nitrogens is 1. The van der Waals surface area contributed by atoms with Gasteiger partial charge < -0.3 is 9.88 Å². The van der Waals surface area contributed by atoms with Crippen LogP contribution in [0.1, 0.15) is 71.9 Å². The van der Waals surface area contributed by atoms with Gasteiger partial charge in [-0.15, -0.1) is 0 Å². The molecule has 32 heavy (non-hydrogen) atoms. The molecule has 1 N–H and O–H groups in total. The third-order valence-corrected chi connectivity index (χ3v) is 6.79. The van der Waals surface area contributed by atoms with Gasteiger partial charge >= 0.3 is 0 Å². The Labute approximate surface area is 189 Å². The van der Waals surface area contributed by atoms with E-state index < -0.39 is 11.5 Å². The largest absolute Gasteiger partial charge is 0.358 e. The second-order valence-corrected chi connectivity index (χ2v) is 9.67. The molecule has 4 nitrogen and oxygen atoms in total. The van der Waals surface area contributed by atoms with E-state index in [-0.39, 0.29) is 11.7 Å². The third kappa shape index (κ3) is 2.75. The summed E-state index contributed by atoms with van der Waals surface area (Å²) in [6.45, 7) is 11.8. The van der Waals surface area contributed by atoms with Crippen LogP contribution in [0.2, 0.25) is 0 Å². The molecular formula is C28H28N2O2. The molecule has 1 unspecified atom stereocenters. The van der Waals surface area contributed by atoms with E-state index >= 15 is 0 Å². The van der Waals surface area contributed by atoms with Crippen molar-refractivity contribution in [2.24, 2.45) is 0 Å². The second kappa shape index (κ2) is 6.80. The Morgan fingerprint density at radius 3 is 2.41 bits per heavy atom. The van der Waals surface area contributed by atoms with Crippen LogP contribution in [0.4, 0.5) is 5.69 Å². The lowest BCUT2D eigenvalue weighted by Gasteiger charge is -2.39. The average molecular weight is 425 g/mol. The molecule has 1 atom stereocenters. The number of aromatic amines is 1. The zero-order valence-electron chi connectivity index (χ0n) is 19.5. The summed E-state index contributed by atoms with van der Waals surface area (Å²) in [6.07, 6.45) is 2.17. The van der Waals surface area contributed by atoms with Gasteiger partial charge in [0.05, 0.1) is 22.8 Å². The molecule has 1 amide bonds. The maximum Gasteiger partial charge on any atom is 0.239 e. The number of ketones is 1. The van der Waals surface area contributed by atoms with Crippen LogP contribution in [0.3, 0.4) is 0 Å². The highest BCUT2D eigenvalue weighted by atomic mass is 16.2. The van der Waals surface area contributed by atoms with Crippen LogP contribution in [0.5, 0.6) is 0 Å². The average Bonchev–Trinajstić information content (AvgIpc) is 3.20. The predicted molar refractivity (Wildman–Crippen MR) is 129 cm³/mol. The van der Waals surface area contributed by atoms with Crippen LogP contribution in [0, 0.1) is 13.8 Å². The summed E-state index contributed by atoms with van der Waals surface area (Å²) in [6, 6.07) is 14.3. The summed E-state index contributed by atoms with van der Waals surface area (Å²) in [5, 5.41) is 0. The minimum Gasteiger partial charge on any atom is -0.358 e. The van der Waals surface area contributed by atoms with E-state index in [1.54, 1.807) is 6.92 Å². The molecule has 2 aromatic carbocycles. The number of carbonyl (C=O) groups excluding carboxylic acids is 2. The van der Waals surface area contributed by atoms with Crippen LogP contribution in [-0.2, 0) is 4.79 Å². The van der Waals surface area contributed by atoms with Crippen LogP contribution < -0.4 is 4.90 Å². The molecule has 5 rings (SSSR count). The Kier molecular flexibility index (Phi) is 4.35. The van der Waals surface area contributed by atoms with Crippen molar-refractivity contribution in [1.82, 2.24) is 4.98 Å². The lowest BCUT2D eigenvalue weighted by molar-refractivity contribution is -0.119. The van der Waals surface area contributed by atoms with Gasteiger partial charge in [-0.05, 0) is 64.3 Å². The predicted octanol–water partition coefficient (Wildman–Crippen LogP) is 6.18. The number of nitrogens with zero attached hydrogens (tertiary/aromatic N) is 1. The normalized spacial score (nSPS) is 18.6. The topological polar surface area (TPSA) is 53.2 Å². The highest BCUT2D eigenvalue weighted by molar-refractivity contribution is 6.14. The lowest BCUT2D eigenvalue weighted by atomic mass is 9.84. The monoisotopic (exact) mass is 424 g/mol. The zero-order chi connectivity index (χ0) is 22.9. The minimum absolute atomic E-state index is 0.0271. The van der Waals surface area contributed by atoms with E-state index in [0.29, 0.717) is 5.56 Å². The maximum absolute atomic E-state index is 14.2. The standard InChI is InChI=1S/C28H28N2O2/c1-15-12-20-16(2)14-28(5,6)30-26(20)21(13-15)23(27(30)32)24-22(18(4)31)17(3)29-25(24)19-10-8-7-9-11-19/h7-14,23,29H,1-6H3. The van der Waals surface area contributed by atoms with Gasteiger partial charge in [0.2, 0.25) is 5.91 Å². The van der Waals surface area contributed by atoms with Crippen molar-refractivity contribution in [2.45, 2.75) is 53.0 Å². The Balaban J connectivity index is 1.86. The lowest BCUT2D eigenvalue weighted by Crippen LogP contribution is -2.47. The van der Waals surface area contributed by atoms with Gasteiger partial charge in [0.15, 0.2) is 5.78 Å². The Morgan fingerprint density at radius 2 is 1.75 bits per heavy atom. The van der Waals surface area contributed by atoms with Gasteiger partial charge in [0, 0.05) is 22.4 Å². The van der Waals surface area contributed by atoms with E-state index in [1.165, 1.54) is 5.57 Å². The van der Waals surface area contributed by atoms with Crippen molar-refractivity contribution < 1.29 is 9.59 Å². The first-order chi connectivity index (χ1) is 15.1. The first kappa shape index (κ1) is 20.5. The SMILES string of the molecule is CC(=O)c1c(C)[nH]c(-c2ccccc2)c1C1C(=O)N2c3c(cc(C)cc31)C(C)=CC2(C)C. The molecule has 0 fully saturated rings. The van der Waals surface area contributed by atoms with Gasteiger partial charge in [0.25, 0.3) is 0 Å². The van der Waals surface area contributed by atoms with Crippen molar-refractivity contribution in [3.8, 4) is 11.3 Å². The van der Waals surface area contributed by atoms with E-state index in [0.717, 1.165) is 44.9 Å². The number of hydrogen-bond donors (Lipinski definition) is 1. The van der Waals surface area contributed by atoms with Gasteiger partial charge in [-0.1, -0.05) is 48.0 Å². The first-order valence-corrected chi connectivity index (χ1v) is 11.1. The van der Waals surface area contributed by atoms with Crippen molar-refractivity contribution in [3.63, 3.8) is 0 Å². The van der Waals surface area contributed by atoms with Gasteiger partial charge in [0.1, 0.15) is 0 Å². The van der Waals surface area contributed by atoms with Crippen molar-refractivity contribution in [3.05, 3.63) is 82.1 Å². The fourth-order valence-corrected chi connectivity index (χ4v) is 5.69. The number of anilines is 1. The fourth-order valence-electron chi connectivity index (χ4n) is 5.69. The number of carbonyl (C=O) groups is 2. The highest BCUT2D eigenvalue weighted by Gasteiger charge is 2.49. The fraction of sp³-hybridized carbons (Fsp3) is 0.286. The van der Waals surface area contributed by atoms with Gasteiger partial charge in [-0.2, -0.15) is 0 Å². The quantitative estimate of drug-likeness (QED) is 0.511. The van der Waals surface area contributed by atoms with Crippen LogP contribution in [0.15, 0.2) is 48.5 Å². The van der Waals surface area contributed by atoms with Crippen molar-refractivity contribution >= 4 is 23.0 Å². The van der Waals surface area contributed by atoms with E-state index in [9.17, 15) is 9.59 Å². The Hall–Kier alpha value is -3.40. The number of hydrogen-bond acceptors (Lipinski definition) is 2. The molecular weight excluding hydrogens is 396 g/mol. The van der Waals surface area contributed by atoms with Crippen LogP contribution in [0.25, 0.3) is 16.8 Å². The highest BCUT2D eigenvalue weighted by Crippen LogP contribution is 2.53. The minimum atomic E-state index is -0.527. The van der Waals surface area contributed by atoms with Crippen molar-refractivity contribution in [2.75, 3.05) is 4.90 Å². The summed E-state index contributed by atoms with van der Waals surface area (Å²) in [7, 11) is 0. The number of amides is 1. The summed E-state index contributed by atoms with van der Waals surface area (Å²) in [5.41, 5.74) is 8.98. The van der Waals surface area contributed by atoms with Gasteiger partial charge in [-0.25, -0.2) is 0 Å². The Morgan fingerprint density at radius 1 is 1.06 bits per heavy atom. The summed E-state index contributed by atoms with van der Waals surface area (Å²) in [4.78, 5) is 32.4. The summed E-state index contributed by atoms with van der Waals surface area (Å²) >= 11 is 0. The number of benzene rings is 2.